The Balaban J connectivity index is 1.92. The molecule has 1 aromatic carbocycles. The number of furan rings is 1. The summed E-state index contributed by atoms with van der Waals surface area (Å²) in [5.74, 6) is -0.0140. The number of nitrogens with one attached hydrogen (secondary N) is 1. The molecule has 2 aromatic heterocycles. The fourth-order valence-electron chi connectivity index (χ4n) is 1.78. The van der Waals surface area contributed by atoms with Crippen molar-refractivity contribution >= 4 is 11.6 Å². The number of nitrogens with zero attached hydrogens (tertiary/aromatic N) is 2. The Morgan fingerprint density at radius 1 is 1.16 bits per heavy atom. The van der Waals surface area contributed by atoms with E-state index in [1.54, 1.807) is 23.0 Å². The van der Waals surface area contributed by atoms with Crippen LogP contribution in [0.5, 0.6) is 0 Å². The summed E-state index contributed by atoms with van der Waals surface area (Å²) in [5.41, 5.74) is 1.47. The van der Waals surface area contributed by atoms with Gasteiger partial charge in [0.05, 0.1) is 17.6 Å². The molecule has 3 aromatic rings. The second-order valence-electron chi connectivity index (χ2n) is 3.90. The number of hydrogen-bond donors (Lipinski definition) is 1. The molecule has 5 nitrogen and oxygen atoms in total. The zero-order valence-corrected chi connectivity index (χ0v) is 9.98. The third-order valence-electron chi connectivity index (χ3n) is 2.65. The fourth-order valence-corrected chi connectivity index (χ4v) is 1.78. The molecule has 1 N–H and O–H groups in total. The van der Waals surface area contributed by atoms with E-state index >= 15 is 0 Å². The summed E-state index contributed by atoms with van der Waals surface area (Å²) in [5, 5.41) is 6.97. The van der Waals surface area contributed by atoms with E-state index in [2.05, 4.69) is 10.4 Å². The predicted octanol–water partition coefficient (Wildman–Crippen LogP) is 2.72. The van der Waals surface area contributed by atoms with E-state index in [1.807, 2.05) is 36.5 Å². The Kier molecular flexibility index (Phi) is 2.86. The van der Waals surface area contributed by atoms with Crippen LogP contribution in [0.1, 0.15) is 10.6 Å². The van der Waals surface area contributed by atoms with Gasteiger partial charge in [0.1, 0.15) is 0 Å². The maximum Gasteiger partial charge on any atom is 0.291 e. The number of rotatable bonds is 3. The number of benzene rings is 1. The number of hydrogen-bond acceptors (Lipinski definition) is 3. The van der Waals surface area contributed by atoms with Crippen LogP contribution in [0.2, 0.25) is 0 Å². The molecule has 5 heteroatoms. The van der Waals surface area contributed by atoms with E-state index in [0.29, 0.717) is 5.69 Å². The van der Waals surface area contributed by atoms with Crippen LogP contribution in [-0.2, 0) is 0 Å². The average Bonchev–Trinajstić information content (AvgIpc) is 3.13. The first-order valence-corrected chi connectivity index (χ1v) is 5.78. The van der Waals surface area contributed by atoms with Gasteiger partial charge in [-0.2, -0.15) is 5.10 Å². The zero-order valence-electron chi connectivity index (χ0n) is 9.98. The molecule has 3 rings (SSSR count). The quantitative estimate of drug-likeness (QED) is 0.780. The Hall–Kier alpha value is -2.82. The maximum atomic E-state index is 12.0. The lowest BCUT2D eigenvalue weighted by Gasteiger charge is -2.09. The molecule has 2 heterocycles. The highest BCUT2D eigenvalue weighted by molar-refractivity contribution is 6.03. The number of carbonyl (C=O) groups excluding carboxylic acids is 1. The van der Waals surface area contributed by atoms with Crippen LogP contribution in [0.25, 0.3) is 5.69 Å². The van der Waals surface area contributed by atoms with E-state index in [0.717, 1.165) is 5.69 Å². The van der Waals surface area contributed by atoms with Crippen LogP contribution in [0.15, 0.2) is 65.5 Å². The smallest absolute Gasteiger partial charge is 0.291 e. The summed E-state index contributed by atoms with van der Waals surface area (Å²) < 4.78 is 6.76. The van der Waals surface area contributed by atoms with Crippen LogP contribution < -0.4 is 5.32 Å². The van der Waals surface area contributed by atoms with Crippen molar-refractivity contribution in [2.45, 2.75) is 0 Å². The van der Waals surface area contributed by atoms with Crippen molar-refractivity contribution in [1.82, 2.24) is 9.78 Å². The third kappa shape index (κ3) is 2.26. The Bertz CT molecular complexity index is 673. The maximum absolute atomic E-state index is 12.0. The van der Waals surface area contributed by atoms with Gasteiger partial charge < -0.3 is 9.73 Å². The van der Waals surface area contributed by atoms with Crippen molar-refractivity contribution in [3.8, 4) is 5.69 Å². The van der Waals surface area contributed by atoms with Gasteiger partial charge in [-0.15, -0.1) is 0 Å². The lowest BCUT2D eigenvalue weighted by Crippen LogP contribution is -2.13. The fraction of sp³-hybridized carbons (Fsp3) is 0. The Morgan fingerprint density at radius 3 is 2.79 bits per heavy atom. The van der Waals surface area contributed by atoms with Gasteiger partial charge in [0.25, 0.3) is 5.91 Å². The molecule has 0 bridgehead atoms. The number of anilines is 1. The van der Waals surface area contributed by atoms with Gasteiger partial charge in [-0.25, -0.2) is 4.68 Å². The van der Waals surface area contributed by atoms with Crippen LogP contribution in [0.3, 0.4) is 0 Å². The lowest BCUT2D eigenvalue weighted by molar-refractivity contribution is 0.0996. The molecule has 94 valence electrons. The average molecular weight is 253 g/mol. The molecule has 0 unspecified atom stereocenters. The summed E-state index contributed by atoms with van der Waals surface area (Å²) in [6, 6.07) is 12.6. The van der Waals surface area contributed by atoms with Crippen LogP contribution in [0, 0.1) is 0 Å². The number of carbonyl (C=O) groups is 1. The molecule has 0 aliphatic heterocycles. The van der Waals surface area contributed by atoms with Gasteiger partial charge in [0.15, 0.2) is 5.76 Å². The minimum atomic E-state index is -0.287. The van der Waals surface area contributed by atoms with Crippen molar-refractivity contribution < 1.29 is 9.21 Å². The summed E-state index contributed by atoms with van der Waals surface area (Å²) in [6.07, 6.45) is 4.97. The molecule has 0 radical (unpaired) electrons. The number of para-hydroxylation sites is 2. The molecule has 0 fully saturated rings. The van der Waals surface area contributed by atoms with Crippen molar-refractivity contribution in [2.24, 2.45) is 0 Å². The van der Waals surface area contributed by atoms with Crippen LogP contribution in [0.4, 0.5) is 5.69 Å². The first-order valence-electron chi connectivity index (χ1n) is 5.78. The zero-order chi connectivity index (χ0) is 13.1. The summed E-state index contributed by atoms with van der Waals surface area (Å²) in [7, 11) is 0. The summed E-state index contributed by atoms with van der Waals surface area (Å²) >= 11 is 0. The van der Waals surface area contributed by atoms with Crippen molar-refractivity contribution in [1.29, 1.82) is 0 Å². The highest BCUT2D eigenvalue weighted by Crippen LogP contribution is 2.19. The largest absolute Gasteiger partial charge is 0.459 e. The first kappa shape index (κ1) is 11.3. The second-order valence-corrected chi connectivity index (χ2v) is 3.90. The first-order chi connectivity index (χ1) is 9.34. The van der Waals surface area contributed by atoms with Gasteiger partial charge in [-0.1, -0.05) is 12.1 Å². The number of aromatic nitrogens is 2. The molecular weight excluding hydrogens is 242 g/mol. The van der Waals surface area contributed by atoms with Gasteiger partial charge in [0.2, 0.25) is 0 Å². The molecule has 0 aliphatic carbocycles. The van der Waals surface area contributed by atoms with E-state index in [4.69, 9.17) is 4.42 Å². The Morgan fingerprint density at radius 2 is 2.05 bits per heavy atom. The Labute approximate surface area is 109 Å². The second kappa shape index (κ2) is 4.81. The van der Waals surface area contributed by atoms with Gasteiger partial charge >= 0.3 is 0 Å². The minimum absolute atomic E-state index is 0.273. The normalized spacial score (nSPS) is 10.3. The van der Waals surface area contributed by atoms with E-state index in [-0.39, 0.29) is 11.7 Å². The highest BCUT2D eigenvalue weighted by atomic mass is 16.3. The van der Waals surface area contributed by atoms with E-state index < -0.39 is 0 Å². The molecule has 0 saturated carbocycles. The van der Waals surface area contributed by atoms with Gasteiger partial charge in [0, 0.05) is 12.4 Å². The molecule has 0 aliphatic rings. The molecule has 0 spiro atoms. The molecule has 0 saturated heterocycles. The minimum Gasteiger partial charge on any atom is -0.459 e. The lowest BCUT2D eigenvalue weighted by atomic mass is 10.2. The van der Waals surface area contributed by atoms with Crippen LogP contribution in [-0.4, -0.2) is 15.7 Å². The van der Waals surface area contributed by atoms with Crippen molar-refractivity contribution in [3.05, 3.63) is 66.9 Å². The predicted molar refractivity (Wildman–Crippen MR) is 70.2 cm³/mol. The summed E-state index contributed by atoms with van der Waals surface area (Å²) in [6.45, 7) is 0. The molecule has 0 atom stereocenters. The van der Waals surface area contributed by atoms with Gasteiger partial charge in [-0.3, -0.25) is 4.79 Å². The van der Waals surface area contributed by atoms with Gasteiger partial charge in [-0.05, 0) is 30.3 Å². The van der Waals surface area contributed by atoms with E-state index in [1.165, 1.54) is 6.26 Å². The van der Waals surface area contributed by atoms with Crippen molar-refractivity contribution in [3.63, 3.8) is 0 Å². The standard InChI is InChI=1S/C14H11N3O2/c18-14(13-7-3-10-19-13)16-11-5-1-2-6-12(11)17-9-4-8-15-17/h1-10H,(H,16,18). The molecular formula is C14H11N3O2. The third-order valence-corrected chi connectivity index (χ3v) is 2.65. The summed E-state index contributed by atoms with van der Waals surface area (Å²) in [4.78, 5) is 12.0. The van der Waals surface area contributed by atoms with Crippen molar-refractivity contribution in [2.75, 3.05) is 5.32 Å². The number of amides is 1. The van der Waals surface area contributed by atoms with Crippen LogP contribution >= 0.6 is 0 Å². The highest BCUT2D eigenvalue weighted by Gasteiger charge is 2.11. The SMILES string of the molecule is O=C(Nc1ccccc1-n1cccn1)c1ccco1. The molecule has 1 amide bonds. The monoisotopic (exact) mass is 253 g/mol. The topological polar surface area (TPSA) is 60.1 Å². The molecule has 19 heavy (non-hydrogen) atoms. The van der Waals surface area contributed by atoms with E-state index in [9.17, 15) is 4.79 Å².